The van der Waals surface area contributed by atoms with Crippen LogP contribution in [0.25, 0.3) is 5.69 Å². The first-order chi connectivity index (χ1) is 11.0. The Balaban J connectivity index is 1.95. The van der Waals surface area contributed by atoms with Crippen molar-refractivity contribution in [3.63, 3.8) is 0 Å². The third-order valence-corrected chi connectivity index (χ3v) is 3.48. The summed E-state index contributed by atoms with van der Waals surface area (Å²) in [6, 6.07) is 14.9. The second-order valence-corrected chi connectivity index (χ2v) is 5.32. The zero-order chi connectivity index (χ0) is 16.4. The monoisotopic (exact) mass is 309 g/mol. The van der Waals surface area contributed by atoms with Crippen LogP contribution >= 0.6 is 0 Å². The number of carbonyl (C=O) groups is 1. The van der Waals surface area contributed by atoms with Crippen molar-refractivity contribution in [1.29, 1.82) is 0 Å². The molecule has 0 fully saturated rings. The first-order valence-electron chi connectivity index (χ1n) is 7.24. The Morgan fingerprint density at radius 1 is 1.09 bits per heavy atom. The van der Waals surface area contributed by atoms with Crippen LogP contribution in [0, 0.1) is 19.7 Å². The molecule has 1 amide bonds. The van der Waals surface area contributed by atoms with E-state index in [1.54, 1.807) is 16.8 Å². The molecule has 5 heteroatoms. The van der Waals surface area contributed by atoms with Crippen LogP contribution in [0.15, 0.2) is 54.6 Å². The van der Waals surface area contributed by atoms with E-state index >= 15 is 0 Å². The standard InChI is InChI=1S/C18H16FN3O/c1-12-10-13(2)22(21-12)17-9-4-3-8-16(17)20-18(23)14-6-5-7-15(19)11-14/h3-11H,1-2H3,(H,20,23). The highest BCUT2D eigenvalue weighted by molar-refractivity contribution is 6.05. The minimum Gasteiger partial charge on any atom is -0.320 e. The lowest BCUT2D eigenvalue weighted by atomic mass is 10.2. The van der Waals surface area contributed by atoms with Crippen molar-refractivity contribution >= 4 is 11.6 Å². The van der Waals surface area contributed by atoms with Crippen molar-refractivity contribution in [2.45, 2.75) is 13.8 Å². The van der Waals surface area contributed by atoms with Crippen molar-refractivity contribution in [3.8, 4) is 5.69 Å². The fourth-order valence-corrected chi connectivity index (χ4v) is 2.46. The van der Waals surface area contributed by atoms with Gasteiger partial charge in [-0.2, -0.15) is 5.10 Å². The molecule has 0 aliphatic rings. The van der Waals surface area contributed by atoms with E-state index in [1.165, 1.54) is 18.2 Å². The average molecular weight is 309 g/mol. The smallest absolute Gasteiger partial charge is 0.255 e. The van der Waals surface area contributed by atoms with Crippen molar-refractivity contribution in [2.24, 2.45) is 0 Å². The van der Waals surface area contributed by atoms with Crippen LogP contribution in [-0.2, 0) is 0 Å². The maximum absolute atomic E-state index is 13.3. The van der Waals surface area contributed by atoms with Crippen LogP contribution < -0.4 is 5.32 Å². The van der Waals surface area contributed by atoms with Gasteiger partial charge < -0.3 is 5.32 Å². The number of nitrogens with one attached hydrogen (secondary N) is 1. The Morgan fingerprint density at radius 3 is 2.57 bits per heavy atom. The van der Waals surface area contributed by atoms with Crippen molar-refractivity contribution in [2.75, 3.05) is 5.32 Å². The molecule has 3 aromatic rings. The maximum Gasteiger partial charge on any atom is 0.255 e. The van der Waals surface area contributed by atoms with E-state index in [0.29, 0.717) is 5.69 Å². The molecule has 1 aromatic heterocycles. The molecule has 2 aromatic carbocycles. The largest absolute Gasteiger partial charge is 0.320 e. The molecule has 1 N–H and O–H groups in total. The third kappa shape index (κ3) is 3.13. The van der Waals surface area contributed by atoms with Gasteiger partial charge in [-0.1, -0.05) is 18.2 Å². The molecular weight excluding hydrogens is 293 g/mol. The normalized spacial score (nSPS) is 10.6. The summed E-state index contributed by atoms with van der Waals surface area (Å²) in [6.07, 6.45) is 0. The van der Waals surface area contributed by atoms with Crippen LogP contribution in [0.5, 0.6) is 0 Å². The minimum atomic E-state index is -0.440. The van der Waals surface area contributed by atoms with Crippen molar-refractivity contribution in [3.05, 3.63) is 77.4 Å². The number of amides is 1. The highest BCUT2D eigenvalue weighted by Gasteiger charge is 2.12. The highest BCUT2D eigenvalue weighted by atomic mass is 19.1. The van der Waals surface area contributed by atoms with Gasteiger partial charge in [-0.15, -0.1) is 0 Å². The Kier molecular flexibility index (Phi) is 3.93. The molecule has 0 saturated carbocycles. The maximum atomic E-state index is 13.3. The van der Waals surface area contributed by atoms with Gasteiger partial charge in [0.1, 0.15) is 5.82 Å². The van der Waals surface area contributed by atoms with Gasteiger partial charge >= 0.3 is 0 Å². The highest BCUT2D eigenvalue weighted by Crippen LogP contribution is 2.22. The van der Waals surface area contributed by atoms with Gasteiger partial charge in [-0.3, -0.25) is 4.79 Å². The van der Waals surface area contributed by atoms with Gasteiger partial charge in [-0.25, -0.2) is 9.07 Å². The summed E-state index contributed by atoms with van der Waals surface area (Å²) in [6.45, 7) is 3.86. The molecule has 0 atom stereocenters. The summed E-state index contributed by atoms with van der Waals surface area (Å²) < 4.78 is 15.0. The lowest BCUT2D eigenvalue weighted by molar-refractivity contribution is 0.102. The molecule has 23 heavy (non-hydrogen) atoms. The number of anilines is 1. The number of nitrogens with zero attached hydrogens (tertiary/aromatic N) is 2. The molecule has 116 valence electrons. The van der Waals surface area contributed by atoms with Crippen LogP contribution in [0.2, 0.25) is 0 Å². The van der Waals surface area contributed by atoms with E-state index in [4.69, 9.17) is 0 Å². The summed E-state index contributed by atoms with van der Waals surface area (Å²) in [5.74, 6) is -0.803. The quantitative estimate of drug-likeness (QED) is 0.798. The summed E-state index contributed by atoms with van der Waals surface area (Å²) in [4.78, 5) is 12.3. The fraction of sp³-hybridized carbons (Fsp3) is 0.111. The van der Waals surface area contributed by atoms with Crippen molar-refractivity contribution < 1.29 is 9.18 Å². The van der Waals surface area contributed by atoms with Gasteiger partial charge in [0.15, 0.2) is 0 Å². The lowest BCUT2D eigenvalue weighted by Crippen LogP contribution is -2.14. The molecule has 0 aliphatic carbocycles. The van der Waals surface area contributed by atoms with Crippen LogP contribution in [0.4, 0.5) is 10.1 Å². The summed E-state index contributed by atoms with van der Waals surface area (Å²) in [5.41, 5.74) is 3.52. The Labute approximate surface area is 133 Å². The topological polar surface area (TPSA) is 46.9 Å². The van der Waals surface area contributed by atoms with Gasteiger partial charge in [-0.05, 0) is 50.2 Å². The predicted molar refractivity (Wildman–Crippen MR) is 87.4 cm³/mol. The number of halogens is 1. The minimum absolute atomic E-state index is 0.271. The number of hydrogen-bond acceptors (Lipinski definition) is 2. The second kappa shape index (κ2) is 6.04. The Hall–Kier alpha value is -2.95. The van der Waals surface area contributed by atoms with E-state index in [9.17, 15) is 9.18 Å². The number of hydrogen-bond donors (Lipinski definition) is 1. The van der Waals surface area contributed by atoms with Crippen LogP contribution in [-0.4, -0.2) is 15.7 Å². The van der Waals surface area contributed by atoms with Crippen LogP contribution in [0.3, 0.4) is 0 Å². The van der Waals surface area contributed by atoms with E-state index in [-0.39, 0.29) is 11.5 Å². The molecule has 0 aliphatic heterocycles. The molecule has 0 unspecified atom stereocenters. The fourth-order valence-electron chi connectivity index (χ4n) is 2.46. The molecule has 0 spiro atoms. The molecule has 0 saturated heterocycles. The zero-order valence-electron chi connectivity index (χ0n) is 12.9. The number of aryl methyl sites for hydroxylation is 2. The molecule has 1 heterocycles. The zero-order valence-corrected chi connectivity index (χ0v) is 12.9. The predicted octanol–water partition coefficient (Wildman–Crippen LogP) is 3.88. The summed E-state index contributed by atoms with van der Waals surface area (Å²) >= 11 is 0. The number of para-hydroxylation sites is 2. The molecule has 0 radical (unpaired) electrons. The SMILES string of the molecule is Cc1cc(C)n(-c2ccccc2NC(=O)c2cccc(F)c2)n1. The first-order valence-corrected chi connectivity index (χ1v) is 7.24. The molecular formula is C18H16FN3O. The van der Waals surface area contributed by atoms with Gasteiger partial charge in [0, 0.05) is 11.3 Å². The second-order valence-electron chi connectivity index (χ2n) is 5.32. The van der Waals surface area contributed by atoms with Gasteiger partial charge in [0.2, 0.25) is 0 Å². The summed E-state index contributed by atoms with van der Waals surface area (Å²) in [5, 5.41) is 7.26. The molecule has 0 bridgehead atoms. The van der Waals surface area contributed by atoms with E-state index in [0.717, 1.165) is 17.1 Å². The summed E-state index contributed by atoms with van der Waals surface area (Å²) in [7, 11) is 0. The third-order valence-electron chi connectivity index (χ3n) is 3.48. The van der Waals surface area contributed by atoms with Gasteiger partial charge in [0.25, 0.3) is 5.91 Å². The molecule has 3 rings (SSSR count). The first kappa shape index (κ1) is 15.0. The lowest BCUT2D eigenvalue weighted by Gasteiger charge is -2.12. The van der Waals surface area contributed by atoms with Gasteiger partial charge in [0.05, 0.1) is 17.1 Å². The number of aromatic nitrogens is 2. The average Bonchev–Trinajstić information content (AvgIpc) is 2.86. The number of benzene rings is 2. The number of rotatable bonds is 3. The number of carbonyl (C=O) groups excluding carboxylic acids is 1. The Bertz CT molecular complexity index is 870. The van der Waals surface area contributed by atoms with Crippen molar-refractivity contribution in [1.82, 2.24) is 9.78 Å². The molecule has 4 nitrogen and oxygen atoms in total. The van der Waals surface area contributed by atoms with E-state index in [1.807, 2.05) is 38.1 Å². The van der Waals surface area contributed by atoms with E-state index in [2.05, 4.69) is 10.4 Å². The Morgan fingerprint density at radius 2 is 1.87 bits per heavy atom. The van der Waals surface area contributed by atoms with E-state index < -0.39 is 5.82 Å². The van der Waals surface area contributed by atoms with Crippen LogP contribution in [0.1, 0.15) is 21.7 Å².